The minimum absolute atomic E-state index is 0.146. The van der Waals surface area contributed by atoms with Crippen LogP contribution < -0.4 is 5.32 Å². The van der Waals surface area contributed by atoms with E-state index in [2.05, 4.69) is 55.8 Å². The van der Waals surface area contributed by atoms with Gasteiger partial charge in [0.15, 0.2) is 0 Å². The van der Waals surface area contributed by atoms with Gasteiger partial charge in [-0.15, -0.1) is 0 Å². The Bertz CT molecular complexity index is 379. The molecular weight excluding hydrogens is 238 g/mol. The predicted molar refractivity (Wildman–Crippen MR) is 79.1 cm³/mol. The summed E-state index contributed by atoms with van der Waals surface area (Å²) in [7, 11) is 0. The van der Waals surface area contributed by atoms with Crippen LogP contribution in [0.3, 0.4) is 0 Å². The molecule has 0 spiro atoms. The molecule has 0 aliphatic carbocycles. The van der Waals surface area contributed by atoms with Gasteiger partial charge in [0, 0.05) is 25.7 Å². The number of rotatable bonds is 7. The molecule has 0 aliphatic rings. The van der Waals surface area contributed by atoms with Gasteiger partial charge in [-0.05, 0) is 31.2 Å². The lowest BCUT2D eigenvalue weighted by atomic mass is 9.85. The van der Waals surface area contributed by atoms with Gasteiger partial charge in [-0.3, -0.25) is 4.68 Å². The minimum Gasteiger partial charge on any atom is -0.396 e. The van der Waals surface area contributed by atoms with Crippen molar-refractivity contribution in [2.24, 2.45) is 5.41 Å². The maximum atomic E-state index is 9.18. The summed E-state index contributed by atoms with van der Waals surface area (Å²) >= 11 is 0. The van der Waals surface area contributed by atoms with Crippen molar-refractivity contribution in [2.45, 2.75) is 66.6 Å². The van der Waals surface area contributed by atoms with Crippen LogP contribution in [-0.4, -0.2) is 27.5 Å². The monoisotopic (exact) mass is 267 g/mol. The Kier molecular flexibility index (Phi) is 6.01. The van der Waals surface area contributed by atoms with Gasteiger partial charge >= 0.3 is 0 Å². The molecule has 1 heterocycles. The Morgan fingerprint density at radius 1 is 1.37 bits per heavy atom. The maximum absolute atomic E-state index is 9.18. The van der Waals surface area contributed by atoms with Gasteiger partial charge in [0.25, 0.3) is 0 Å². The summed E-state index contributed by atoms with van der Waals surface area (Å²) in [6.07, 6.45) is 1.75. The topological polar surface area (TPSA) is 50.1 Å². The average Bonchev–Trinajstić information content (AvgIpc) is 2.75. The van der Waals surface area contributed by atoms with Crippen molar-refractivity contribution in [1.29, 1.82) is 0 Å². The molecule has 1 rings (SSSR count). The molecule has 1 unspecified atom stereocenters. The fourth-order valence-electron chi connectivity index (χ4n) is 2.30. The van der Waals surface area contributed by atoms with Crippen molar-refractivity contribution in [1.82, 2.24) is 15.1 Å². The van der Waals surface area contributed by atoms with Gasteiger partial charge in [0.05, 0.1) is 11.4 Å². The zero-order valence-corrected chi connectivity index (χ0v) is 13.0. The zero-order valence-electron chi connectivity index (χ0n) is 13.0. The fraction of sp³-hybridized carbons (Fsp3) is 0.800. The molecule has 2 N–H and O–H groups in total. The number of aliphatic hydroxyl groups is 1. The van der Waals surface area contributed by atoms with Crippen molar-refractivity contribution in [3.63, 3.8) is 0 Å². The summed E-state index contributed by atoms with van der Waals surface area (Å²) in [5.74, 6) is 0. The predicted octanol–water partition coefficient (Wildman–Crippen LogP) is 2.35. The van der Waals surface area contributed by atoms with Crippen molar-refractivity contribution in [3.8, 4) is 0 Å². The number of hydrogen-bond acceptors (Lipinski definition) is 3. The molecule has 19 heavy (non-hydrogen) atoms. The van der Waals surface area contributed by atoms with Crippen LogP contribution in [0.4, 0.5) is 0 Å². The van der Waals surface area contributed by atoms with Gasteiger partial charge < -0.3 is 10.4 Å². The lowest BCUT2D eigenvalue weighted by Gasteiger charge is -2.31. The van der Waals surface area contributed by atoms with Crippen LogP contribution in [-0.2, 0) is 19.5 Å². The van der Waals surface area contributed by atoms with E-state index in [1.165, 1.54) is 5.69 Å². The zero-order chi connectivity index (χ0) is 14.5. The molecule has 0 saturated carbocycles. The summed E-state index contributed by atoms with van der Waals surface area (Å²) in [6.45, 7) is 12.8. The summed E-state index contributed by atoms with van der Waals surface area (Å²) in [5, 5.41) is 17.3. The van der Waals surface area contributed by atoms with Crippen molar-refractivity contribution >= 4 is 0 Å². The first-order valence-corrected chi connectivity index (χ1v) is 7.32. The van der Waals surface area contributed by atoms with E-state index in [4.69, 9.17) is 0 Å². The van der Waals surface area contributed by atoms with Gasteiger partial charge in [-0.25, -0.2) is 0 Å². The van der Waals surface area contributed by atoms with E-state index in [0.717, 1.165) is 31.6 Å². The first kappa shape index (κ1) is 16.2. The van der Waals surface area contributed by atoms with E-state index in [-0.39, 0.29) is 12.0 Å². The molecule has 1 aromatic heterocycles. The number of aliphatic hydroxyl groups excluding tert-OH is 1. The summed E-state index contributed by atoms with van der Waals surface area (Å²) < 4.78 is 2.06. The second-order valence-corrected chi connectivity index (χ2v) is 6.11. The molecule has 1 aromatic rings. The summed E-state index contributed by atoms with van der Waals surface area (Å²) in [4.78, 5) is 0. The van der Waals surface area contributed by atoms with E-state index in [1.807, 2.05) is 0 Å². The molecule has 110 valence electrons. The first-order valence-electron chi connectivity index (χ1n) is 7.32. The third kappa shape index (κ3) is 4.62. The molecule has 4 heteroatoms. The molecule has 0 amide bonds. The molecular formula is C15H29N3O. The molecule has 4 nitrogen and oxygen atoms in total. The first-order chi connectivity index (χ1) is 8.92. The normalized spacial score (nSPS) is 13.8. The molecule has 0 aliphatic heterocycles. The Labute approximate surface area is 117 Å². The average molecular weight is 267 g/mol. The van der Waals surface area contributed by atoms with Crippen LogP contribution in [0.25, 0.3) is 0 Å². The summed E-state index contributed by atoms with van der Waals surface area (Å²) in [6, 6.07) is 2.48. The fourth-order valence-corrected chi connectivity index (χ4v) is 2.30. The number of aryl methyl sites for hydroxylation is 2. The highest BCUT2D eigenvalue weighted by Crippen LogP contribution is 2.22. The van der Waals surface area contributed by atoms with E-state index >= 15 is 0 Å². The minimum atomic E-state index is 0.146. The number of nitrogens with zero attached hydrogens (tertiary/aromatic N) is 2. The number of nitrogens with one attached hydrogen (secondary N) is 1. The van der Waals surface area contributed by atoms with Crippen LogP contribution in [0.1, 0.15) is 52.4 Å². The lowest BCUT2D eigenvalue weighted by molar-refractivity contribution is 0.195. The standard InChI is InChI=1S/C15H29N3O/c1-6-12-10-13(18(7-2)17-12)11-16-14(8-9-19)15(3,4)5/h10,14,16,19H,6-9,11H2,1-5H3. The number of aromatic nitrogens is 2. The SMILES string of the molecule is CCc1cc(CNC(CCO)C(C)(C)C)n(CC)n1. The van der Waals surface area contributed by atoms with Gasteiger partial charge in [-0.1, -0.05) is 27.7 Å². The van der Waals surface area contributed by atoms with Gasteiger partial charge in [0.1, 0.15) is 0 Å². The van der Waals surface area contributed by atoms with E-state index in [1.54, 1.807) is 0 Å². The van der Waals surface area contributed by atoms with Crippen LogP contribution in [0.5, 0.6) is 0 Å². The molecule has 1 atom stereocenters. The summed E-state index contributed by atoms with van der Waals surface area (Å²) in [5.41, 5.74) is 2.52. The quantitative estimate of drug-likeness (QED) is 0.797. The second-order valence-electron chi connectivity index (χ2n) is 6.11. The van der Waals surface area contributed by atoms with Crippen LogP contribution in [0.15, 0.2) is 6.07 Å². The Balaban J connectivity index is 2.70. The highest BCUT2D eigenvalue weighted by Gasteiger charge is 2.23. The molecule has 0 radical (unpaired) electrons. The highest BCUT2D eigenvalue weighted by atomic mass is 16.3. The molecule has 0 bridgehead atoms. The van der Waals surface area contributed by atoms with Crippen molar-refractivity contribution < 1.29 is 5.11 Å². The molecule has 0 saturated heterocycles. The Hall–Kier alpha value is -0.870. The van der Waals surface area contributed by atoms with Crippen LogP contribution in [0.2, 0.25) is 0 Å². The van der Waals surface area contributed by atoms with E-state index in [9.17, 15) is 5.11 Å². The molecule has 0 fully saturated rings. The van der Waals surface area contributed by atoms with Crippen molar-refractivity contribution in [3.05, 3.63) is 17.5 Å². The van der Waals surface area contributed by atoms with Gasteiger partial charge in [-0.2, -0.15) is 5.10 Å². The van der Waals surface area contributed by atoms with E-state index < -0.39 is 0 Å². The largest absolute Gasteiger partial charge is 0.396 e. The Morgan fingerprint density at radius 2 is 2.05 bits per heavy atom. The third-order valence-electron chi connectivity index (χ3n) is 3.57. The maximum Gasteiger partial charge on any atom is 0.0625 e. The molecule has 0 aromatic carbocycles. The highest BCUT2D eigenvalue weighted by molar-refractivity contribution is 5.10. The van der Waals surface area contributed by atoms with Crippen molar-refractivity contribution in [2.75, 3.05) is 6.61 Å². The second kappa shape index (κ2) is 7.06. The third-order valence-corrected chi connectivity index (χ3v) is 3.57. The number of hydrogen-bond donors (Lipinski definition) is 2. The smallest absolute Gasteiger partial charge is 0.0625 e. The van der Waals surface area contributed by atoms with E-state index in [0.29, 0.717) is 6.04 Å². The van der Waals surface area contributed by atoms with Crippen LogP contribution in [0, 0.1) is 5.41 Å². The lowest BCUT2D eigenvalue weighted by Crippen LogP contribution is -2.40. The Morgan fingerprint density at radius 3 is 2.53 bits per heavy atom. The van der Waals surface area contributed by atoms with Gasteiger partial charge in [0.2, 0.25) is 0 Å². The van der Waals surface area contributed by atoms with Crippen LogP contribution >= 0.6 is 0 Å².